The average molecular weight is 354 g/mol. The summed E-state index contributed by atoms with van der Waals surface area (Å²) in [6.45, 7) is 6.95. The van der Waals surface area contributed by atoms with Crippen molar-refractivity contribution in [3.63, 3.8) is 0 Å². The summed E-state index contributed by atoms with van der Waals surface area (Å²) in [5.41, 5.74) is 0. The van der Waals surface area contributed by atoms with Crippen LogP contribution in [0.4, 0.5) is 0 Å². The Labute approximate surface area is 118 Å². The van der Waals surface area contributed by atoms with E-state index in [4.69, 9.17) is 0 Å². The van der Waals surface area contributed by atoms with Crippen LogP contribution in [-0.4, -0.2) is 53.0 Å². The standard InChI is InChI=1S/C13H26NSe2/c1-3-5-7-9-11-14(13(15)16)12-10-8-6-4-2/h3-12H2,1-2H3. The molecule has 95 valence electrons. The number of rotatable bonds is 11. The van der Waals surface area contributed by atoms with Crippen molar-refractivity contribution in [1.29, 1.82) is 0 Å². The van der Waals surface area contributed by atoms with Gasteiger partial charge < -0.3 is 0 Å². The van der Waals surface area contributed by atoms with Crippen molar-refractivity contribution in [2.75, 3.05) is 13.1 Å². The van der Waals surface area contributed by atoms with Gasteiger partial charge in [0.1, 0.15) is 0 Å². The summed E-state index contributed by atoms with van der Waals surface area (Å²) in [5.74, 6) is 0. The van der Waals surface area contributed by atoms with Crippen LogP contribution < -0.4 is 0 Å². The average Bonchev–Trinajstić information content (AvgIpc) is 2.26. The number of nitrogens with zero attached hydrogens (tertiary/aromatic N) is 1. The van der Waals surface area contributed by atoms with Gasteiger partial charge in [-0.25, -0.2) is 0 Å². The molecular formula is C13H26NSe2. The molecule has 0 amide bonds. The van der Waals surface area contributed by atoms with Gasteiger partial charge in [-0.15, -0.1) is 0 Å². The summed E-state index contributed by atoms with van der Waals surface area (Å²) in [4.78, 5) is 2.46. The van der Waals surface area contributed by atoms with Gasteiger partial charge in [-0.3, -0.25) is 0 Å². The first kappa shape index (κ1) is 16.7. The molecule has 0 N–H and O–H groups in total. The summed E-state index contributed by atoms with van der Waals surface area (Å²) in [5, 5.41) is 0. The first-order valence-electron chi connectivity index (χ1n) is 6.68. The second-order valence-electron chi connectivity index (χ2n) is 4.37. The van der Waals surface area contributed by atoms with E-state index < -0.39 is 0 Å². The predicted octanol–water partition coefficient (Wildman–Crippen LogP) is 2.87. The Hall–Kier alpha value is 0.709. The van der Waals surface area contributed by atoms with Crippen LogP contribution in [0.5, 0.6) is 0 Å². The summed E-state index contributed by atoms with van der Waals surface area (Å²) < 4.78 is 1.24. The van der Waals surface area contributed by atoms with E-state index in [-0.39, 0.29) is 0 Å². The van der Waals surface area contributed by atoms with Gasteiger partial charge in [0.25, 0.3) is 0 Å². The molecule has 0 rings (SSSR count). The quantitative estimate of drug-likeness (QED) is 0.407. The van der Waals surface area contributed by atoms with E-state index in [1.807, 2.05) is 0 Å². The molecule has 0 aromatic heterocycles. The van der Waals surface area contributed by atoms with E-state index in [0.29, 0.717) is 0 Å². The van der Waals surface area contributed by atoms with Crippen molar-refractivity contribution in [2.45, 2.75) is 65.2 Å². The van der Waals surface area contributed by atoms with E-state index in [9.17, 15) is 0 Å². The maximum absolute atomic E-state index is 3.11. The van der Waals surface area contributed by atoms with Gasteiger partial charge in [-0.05, 0) is 0 Å². The van der Waals surface area contributed by atoms with Crippen molar-refractivity contribution in [3.8, 4) is 0 Å². The topological polar surface area (TPSA) is 3.24 Å². The second kappa shape index (κ2) is 12.2. The van der Waals surface area contributed by atoms with Crippen molar-refractivity contribution >= 4 is 35.0 Å². The van der Waals surface area contributed by atoms with Gasteiger partial charge in [0.2, 0.25) is 0 Å². The number of hydrogen-bond acceptors (Lipinski definition) is 1. The van der Waals surface area contributed by atoms with Gasteiger partial charge in [0.05, 0.1) is 0 Å². The molecule has 0 aliphatic heterocycles. The molecule has 0 atom stereocenters. The van der Waals surface area contributed by atoms with E-state index in [1.54, 1.807) is 0 Å². The van der Waals surface area contributed by atoms with E-state index in [0.717, 1.165) is 0 Å². The molecule has 0 fully saturated rings. The third kappa shape index (κ3) is 9.90. The Balaban J connectivity index is 3.59. The van der Waals surface area contributed by atoms with Crippen LogP contribution in [0.1, 0.15) is 65.2 Å². The van der Waals surface area contributed by atoms with Crippen LogP contribution in [0.3, 0.4) is 0 Å². The van der Waals surface area contributed by atoms with Crippen molar-refractivity contribution in [3.05, 3.63) is 0 Å². The van der Waals surface area contributed by atoms with Crippen LogP contribution in [-0.2, 0) is 0 Å². The minimum atomic E-state index is 1.21. The third-order valence-electron chi connectivity index (χ3n) is 2.82. The summed E-state index contributed by atoms with van der Waals surface area (Å²) in [6.07, 6.45) is 10.8. The molecule has 0 saturated heterocycles. The van der Waals surface area contributed by atoms with Gasteiger partial charge >= 0.3 is 118 Å². The molecule has 0 aromatic rings. The molecule has 1 nitrogen and oxygen atoms in total. The van der Waals surface area contributed by atoms with Gasteiger partial charge in [0.15, 0.2) is 0 Å². The molecule has 0 aromatic carbocycles. The molecule has 1 radical (unpaired) electrons. The molecule has 3 heteroatoms. The molecule has 0 aliphatic rings. The Morgan fingerprint density at radius 3 is 1.56 bits per heavy atom. The molecule has 0 aliphatic carbocycles. The minimum absolute atomic E-state index is 1.21. The summed E-state index contributed by atoms with van der Waals surface area (Å²) in [7, 11) is 0. The van der Waals surface area contributed by atoms with Gasteiger partial charge in [-0.2, -0.15) is 0 Å². The van der Waals surface area contributed by atoms with E-state index in [2.05, 4.69) is 50.3 Å². The first-order valence-corrected chi connectivity index (χ1v) is 8.39. The Kier molecular flexibility index (Phi) is 12.7. The second-order valence-corrected chi connectivity index (χ2v) is 7.31. The van der Waals surface area contributed by atoms with Crippen LogP contribution in [0.2, 0.25) is 0 Å². The van der Waals surface area contributed by atoms with Crippen LogP contribution in [0.15, 0.2) is 0 Å². The van der Waals surface area contributed by atoms with Crippen molar-refractivity contribution in [2.24, 2.45) is 0 Å². The third-order valence-corrected chi connectivity index (χ3v) is 3.90. The zero-order valence-corrected chi connectivity index (χ0v) is 14.3. The fourth-order valence-corrected chi connectivity index (χ4v) is 2.52. The normalized spacial score (nSPS) is 10.4. The van der Waals surface area contributed by atoms with Gasteiger partial charge in [0, 0.05) is 0 Å². The summed E-state index contributed by atoms with van der Waals surface area (Å²) >= 11 is 6.22. The molecular weight excluding hydrogens is 328 g/mol. The molecule has 0 saturated carbocycles. The Morgan fingerprint density at radius 2 is 1.25 bits per heavy atom. The molecule has 16 heavy (non-hydrogen) atoms. The van der Waals surface area contributed by atoms with E-state index >= 15 is 0 Å². The first-order chi connectivity index (χ1) is 7.72. The predicted molar refractivity (Wildman–Crippen MR) is 76.4 cm³/mol. The van der Waals surface area contributed by atoms with Crippen molar-refractivity contribution < 1.29 is 0 Å². The number of unbranched alkanes of at least 4 members (excludes halogenated alkanes) is 6. The fourth-order valence-electron chi connectivity index (χ4n) is 1.75. The van der Waals surface area contributed by atoms with Crippen LogP contribution in [0, 0.1) is 0 Å². The zero-order valence-electron chi connectivity index (χ0n) is 10.8. The Morgan fingerprint density at radius 1 is 0.812 bits per heavy atom. The number of hydrogen-bond donors (Lipinski definition) is 0. The van der Waals surface area contributed by atoms with Gasteiger partial charge in [-0.1, -0.05) is 0 Å². The van der Waals surface area contributed by atoms with Crippen LogP contribution >= 0.6 is 0 Å². The van der Waals surface area contributed by atoms with Crippen LogP contribution in [0.25, 0.3) is 0 Å². The van der Waals surface area contributed by atoms with Crippen molar-refractivity contribution in [1.82, 2.24) is 4.90 Å². The fraction of sp³-hybridized carbons (Fsp3) is 0.923. The SMILES string of the molecule is CCCCCCN(CCCCCC)C([Se])=[Se]. The Bertz CT molecular complexity index is 159. The molecule has 0 heterocycles. The monoisotopic (exact) mass is 356 g/mol. The van der Waals surface area contributed by atoms with E-state index in [1.165, 1.54) is 67.9 Å². The molecule has 0 bridgehead atoms. The zero-order chi connectivity index (χ0) is 12.2. The molecule has 0 spiro atoms. The molecule has 0 unspecified atom stereocenters. The summed E-state index contributed by atoms with van der Waals surface area (Å²) in [6, 6.07) is 0. The maximum atomic E-state index is 3.11.